The fourth-order valence-corrected chi connectivity index (χ4v) is 3.37. The van der Waals surface area contributed by atoms with Crippen LogP contribution in [-0.4, -0.2) is 35.4 Å². The van der Waals surface area contributed by atoms with E-state index in [1.54, 1.807) is 0 Å². The summed E-state index contributed by atoms with van der Waals surface area (Å²) in [7, 11) is 0. The van der Waals surface area contributed by atoms with Crippen molar-refractivity contribution in [2.24, 2.45) is 0 Å². The summed E-state index contributed by atoms with van der Waals surface area (Å²) < 4.78 is 0.947. The van der Waals surface area contributed by atoms with E-state index in [2.05, 4.69) is 28.6 Å². The van der Waals surface area contributed by atoms with Crippen LogP contribution < -0.4 is 0 Å². The van der Waals surface area contributed by atoms with Gasteiger partial charge in [0.1, 0.15) is 0 Å². The van der Waals surface area contributed by atoms with Crippen molar-refractivity contribution in [3.8, 4) is 0 Å². The molecule has 0 spiro atoms. The summed E-state index contributed by atoms with van der Waals surface area (Å²) in [4.78, 5) is 14.8. The Kier molecular flexibility index (Phi) is 4.21. The minimum atomic E-state index is 0.0952. The Bertz CT molecular complexity index is 405. The van der Waals surface area contributed by atoms with E-state index in [9.17, 15) is 4.79 Å². The monoisotopic (exact) mass is 317 g/mol. The molecule has 1 aliphatic heterocycles. The molecule has 0 saturated carbocycles. The fraction of sp³-hybridized carbons (Fsp3) is 0.364. The first kappa shape index (κ1) is 12.3. The molecular formula is C11H12BrNOS2. The van der Waals surface area contributed by atoms with Gasteiger partial charge in [0.05, 0.1) is 5.56 Å². The number of hydrogen-bond donors (Lipinski definition) is 1. The predicted molar refractivity (Wildman–Crippen MR) is 74.6 cm³/mol. The van der Waals surface area contributed by atoms with Gasteiger partial charge in [-0.25, -0.2) is 0 Å². The molecule has 1 aromatic rings. The van der Waals surface area contributed by atoms with Crippen LogP contribution in [0.5, 0.6) is 0 Å². The van der Waals surface area contributed by atoms with E-state index < -0.39 is 0 Å². The topological polar surface area (TPSA) is 20.3 Å². The Hall–Kier alpha value is -0.130. The van der Waals surface area contributed by atoms with Gasteiger partial charge in [-0.05, 0) is 18.2 Å². The number of halogens is 1. The molecule has 1 fully saturated rings. The van der Waals surface area contributed by atoms with Gasteiger partial charge in [-0.1, -0.05) is 15.9 Å². The molecule has 0 atom stereocenters. The number of benzene rings is 1. The SMILES string of the molecule is O=C(c1ccc(Br)cc1S)N1CCSCC1. The molecular weight excluding hydrogens is 306 g/mol. The lowest BCUT2D eigenvalue weighted by Gasteiger charge is -2.26. The highest BCUT2D eigenvalue weighted by Crippen LogP contribution is 2.22. The van der Waals surface area contributed by atoms with Crippen LogP contribution in [0.3, 0.4) is 0 Å². The van der Waals surface area contributed by atoms with Crippen LogP contribution in [0.2, 0.25) is 0 Å². The third-order valence-corrected chi connectivity index (χ3v) is 4.29. The van der Waals surface area contributed by atoms with Crippen molar-refractivity contribution in [1.29, 1.82) is 0 Å². The second kappa shape index (κ2) is 5.47. The minimum Gasteiger partial charge on any atom is -0.337 e. The van der Waals surface area contributed by atoms with Crippen LogP contribution in [0, 0.1) is 0 Å². The number of thioether (sulfide) groups is 1. The van der Waals surface area contributed by atoms with Crippen molar-refractivity contribution >= 4 is 46.2 Å². The number of carbonyl (C=O) groups is 1. The largest absolute Gasteiger partial charge is 0.337 e. The third kappa shape index (κ3) is 2.76. The Labute approximate surface area is 113 Å². The van der Waals surface area contributed by atoms with E-state index in [4.69, 9.17) is 0 Å². The summed E-state index contributed by atoms with van der Waals surface area (Å²) in [6.07, 6.45) is 0. The van der Waals surface area contributed by atoms with Crippen LogP contribution in [0.4, 0.5) is 0 Å². The molecule has 2 nitrogen and oxygen atoms in total. The minimum absolute atomic E-state index is 0.0952. The van der Waals surface area contributed by atoms with Gasteiger partial charge in [0.25, 0.3) is 5.91 Å². The van der Waals surface area contributed by atoms with Gasteiger partial charge in [0.2, 0.25) is 0 Å². The van der Waals surface area contributed by atoms with E-state index in [1.165, 1.54) is 0 Å². The lowest BCUT2D eigenvalue weighted by molar-refractivity contribution is 0.0769. The molecule has 5 heteroatoms. The average molecular weight is 318 g/mol. The fourth-order valence-electron chi connectivity index (χ4n) is 1.62. The molecule has 0 aliphatic carbocycles. The van der Waals surface area contributed by atoms with Gasteiger partial charge in [-0.15, -0.1) is 12.6 Å². The summed E-state index contributed by atoms with van der Waals surface area (Å²) in [6, 6.07) is 5.57. The Morgan fingerprint density at radius 1 is 1.38 bits per heavy atom. The van der Waals surface area contributed by atoms with Crippen molar-refractivity contribution in [1.82, 2.24) is 4.90 Å². The predicted octanol–water partition coefficient (Wildman–Crippen LogP) is 2.93. The highest BCUT2D eigenvalue weighted by atomic mass is 79.9. The number of hydrogen-bond acceptors (Lipinski definition) is 3. The molecule has 1 heterocycles. The number of nitrogens with zero attached hydrogens (tertiary/aromatic N) is 1. The summed E-state index contributed by atoms with van der Waals surface area (Å²) in [6.45, 7) is 1.68. The van der Waals surface area contributed by atoms with Crippen LogP contribution in [0.25, 0.3) is 0 Å². The van der Waals surface area contributed by atoms with E-state index >= 15 is 0 Å². The van der Waals surface area contributed by atoms with E-state index in [0.29, 0.717) is 5.56 Å². The van der Waals surface area contributed by atoms with Crippen molar-refractivity contribution < 1.29 is 4.79 Å². The first-order valence-electron chi connectivity index (χ1n) is 5.04. The second-order valence-corrected chi connectivity index (χ2v) is 6.19. The quantitative estimate of drug-likeness (QED) is 0.804. The zero-order valence-corrected chi connectivity index (χ0v) is 11.9. The van der Waals surface area contributed by atoms with Crippen LogP contribution in [-0.2, 0) is 0 Å². The maximum atomic E-state index is 12.2. The van der Waals surface area contributed by atoms with E-state index in [-0.39, 0.29) is 5.91 Å². The van der Waals surface area contributed by atoms with Gasteiger partial charge < -0.3 is 4.90 Å². The molecule has 0 bridgehead atoms. The van der Waals surface area contributed by atoms with Crippen LogP contribution in [0.1, 0.15) is 10.4 Å². The van der Waals surface area contributed by atoms with Gasteiger partial charge >= 0.3 is 0 Å². The molecule has 0 unspecified atom stereocenters. The highest BCUT2D eigenvalue weighted by molar-refractivity contribution is 9.10. The zero-order valence-electron chi connectivity index (χ0n) is 8.65. The standard InChI is InChI=1S/C11H12BrNOS2/c12-8-1-2-9(10(15)7-8)11(14)13-3-5-16-6-4-13/h1-2,7,15H,3-6H2. The lowest BCUT2D eigenvalue weighted by atomic mass is 10.2. The summed E-state index contributed by atoms with van der Waals surface area (Å²) in [5.74, 6) is 2.16. The summed E-state index contributed by atoms with van der Waals surface area (Å²) >= 11 is 9.61. The Morgan fingerprint density at radius 3 is 2.69 bits per heavy atom. The molecule has 0 aromatic heterocycles. The molecule has 1 aromatic carbocycles. The molecule has 1 aliphatic rings. The van der Waals surface area contributed by atoms with E-state index in [1.807, 2.05) is 34.9 Å². The average Bonchev–Trinajstić information content (AvgIpc) is 2.29. The third-order valence-electron chi connectivity index (χ3n) is 2.49. The Morgan fingerprint density at radius 2 is 2.06 bits per heavy atom. The maximum absolute atomic E-state index is 12.2. The second-order valence-electron chi connectivity index (χ2n) is 3.57. The maximum Gasteiger partial charge on any atom is 0.255 e. The number of rotatable bonds is 1. The molecule has 86 valence electrons. The molecule has 2 rings (SSSR count). The zero-order chi connectivity index (χ0) is 11.5. The number of amides is 1. The highest BCUT2D eigenvalue weighted by Gasteiger charge is 2.19. The van der Waals surface area contributed by atoms with Crippen LogP contribution >= 0.6 is 40.3 Å². The van der Waals surface area contributed by atoms with Crippen molar-refractivity contribution in [2.45, 2.75) is 4.90 Å². The van der Waals surface area contributed by atoms with Gasteiger partial charge in [-0.2, -0.15) is 11.8 Å². The first-order chi connectivity index (χ1) is 7.68. The number of thiol groups is 1. The molecule has 1 amide bonds. The first-order valence-corrected chi connectivity index (χ1v) is 7.43. The van der Waals surface area contributed by atoms with Crippen molar-refractivity contribution in [3.05, 3.63) is 28.2 Å². The van der Waals surface area contributed by atoms with Gasteiger partial charge in [0.15, 0.2) is 0 Å². The Balaban J connectivity index is 2.19. The van der Waals surface area contributed by atoms with Gasteiger partial charge in [0, 0.05) is 34.0 Å². The molecule has 0 N–H and O–H groups in total. The normalized spacial score (nSPS) is 16.2. The smallest absolute Gasteiger partial charge is 0.255 e. The van der Waals surface area contributed by atoms with Crippen molar-refractivity contribution in [2.75, 3.05) is 24.6 Å². The van der Waals surface area contributed by atoms with E-state index in [0.717, 1.165) is 34.0 Å². The summed E-state index contributed by atoms with van der Waals surface area (Å²) in [5, 5.41) is 0. The van der Waals surface area contributed by atoms with Gasteiger partial charge in [-0.3, -0.25) is 4.79 Å². The molecule has 0 radical (unpaired) electrons. The van der Waals surface area contributed by atoms with Crippen LogP contribution in [0.15, 0.2) is 27.6 Å². The van der Waals surface area contributed by atoms with Crippen molar-refractivity contribution in [3.63, 3.8) is 0 Å². The lowest BCUT2D eigenvalue weighted by Crippen LogP contribution is -2.38. The summed E-state index contributed by atoms with van der Waals surface area (Å²) in [5.41, 5.74) is 0.693. The molecule has 16 heavy (non-hydrogen) atoms. The number of carbonyl (C=O) groups excluding carboxylic acids is 1. The molecule has 1 saturated heterocycles.